The molecule has 2 rings (SSSR count). The summed E-state index contributed by atoms with van der Waals surface area (Å²) in [7, 11) is 0. The molecule has 0 saturated heterocycles. The van der Waals surface area contributed by atoms with Gasteiger partial charge < -0.3 is 11.1 Å². The monoisotopic (exact) mass is 254 g/mol. The molecule has 0 aliphatic heterocycles. The van der Waals surface area contributed by atoms with E-state index in [0.29, 0.717) is 16.6 Å². The summed E-state index contributed by atoms with van der Waals surface area (Å²) in [5.41, 5.74) is 5.80. The Balaban J connectivity index is 2.22. The van der Waals surface area contributed by atoms with Crippen LogP contribution in [0.2, 0.25) is 0 Å². The fraction of sp³-hybridized carbons (Fsp3) is 0. The van der Waals surface area contributed by atoms with Crippen molar-refractivity contribution in [1.82, 2.24) is 0 Å². The Morgan fingerprint density at radius 2 is 2.06 bits per heavy atom. The van der Waals surface area contributed by atoms with E-state index in [1.807, 2.05) is 0 Å². The van der Waals surface area contributed by atoms with E-state index in [0.717, 1.165) is 23.5 Å². The van der Waals surface area contributed by atoms with Crippen LogP contribution >= 0.6 is 11.3 Å². The maximum absolute atomic E-state index is 13.3. The molecule has 1 heterocycles. The molecule has 0 bridgehead atoms. The second-order valence-electron chi connectivity index (χ2n) is 3.28. The average molecular weight is 254 g/mol. The van der Waals surface area contributed by atoms with Crippen LogP contribution in [0.25, 0.3) is 0 Å². The van der Waals surface area contributed by atoms with Crippen LogP contribution in [0, 0.1) is 11.6 Å². The molecule has 0 fully saturated rings. The van der Waals surface area contributed by atoms with E-state index in [1.54, 1.807) is 11.4 Å². The Morgan fingerprint density at radius 3 is 2.65 bits per heavy atom. The predicted molar refractivity (Wildman–Crippen MR) is 63.0 cm³/mol. The maximum Gasteiger partial charge on any atom is 0.267 e. The minimum Gasteiger partial charge on any atom is -0.397 e. The summed E-state index contributed by atoms with van der Waals surface area (Å²) in [6.45, 7) is 0. The Labute approximate surface area is 99.9 Å². The fourth-order valence-electron chi connectivity index (χ4n) is 1.27. The third-order valence-corrected chi connectivity index (χ3v) is 3.01. The lowest BCUT2D eigenvalue weighted by atomic mass is 10.3. The van der Waals surface area contributed by atoms with Crippen molar-refractivity contribution in [2.24, 2.45) is 0 Å². The molecule has 1 amide bonds. The molecule has 3 nitrogen and oxygen atoms in total. The zero-order valence-corrected chi connectivity index (χ0v) is 9.35. The molecule has 88 valence electrons. The highest BCUT2D eigenvalue weighted by Gasteiger charge is 2.13. The minimum atomic E-state index is -0.825. The number of carbonyl (C=O) groups excluding carboxylic acids is 1. The Morgan fingerprint density at radius 1 is 1.29 bits per heavy atom. The number of anilines is 2. The number of thiophene rings is 1. The number of carbonyl (C=O) groups is 1. The van der Waals surface area contributed by atoms with Crippen LogP contribution in [0.3, 0.4) is 0 Å². The molecule has 0 radical (unpaired) electrons. The van der Waals surface area contributed by atoms with Crippen LogP contribution < -0.4 is 11.1 Å². The van der Waals surface area contributed by atoms with Gasteiger partial charge in [0.15, 0.2) is 0 Å². The van der Waals surface area contributed by atoms with Gasteiger partial charge in [-0.3, -0.25) is 4.79 Å². The van der Waals surface area contributed by atoms with Crippen LogP contribution in [0.4, 0.5) is 20.2 Å². The lowest BCUT2D eigenvalue weighted by Crippen LogP contribution is -2.13. The van der Waals surface area contributed by atoms with E-state index in [2.05, 4.69) is 5.32 Å². The summed E-state index contributed by atoms with van der Waals surface area (Å²) in [5, 5.41) is 3.99. The molecule has 0 saturated carbocycles. The van der Waals surface area contributed by atoms with Crippen molar-refractivity contribution in [3.63, 3.8) is 0 Å². The average Bonchev–Trinajstić information content (AvgIpc) is 2.68. The number of nitrogens with one attached hydrogen (secondary N) is 1. The van der Waals surface area contributed by atoms with Gasteiger partial charge in [-0.25, -0.2) is 8.78 Å². The zero-order valence-electron chi connectivity index (χ0n) is 8.54. The molecule has 6 heteroatoms. The van der Waals surface area contributed by atoms with Gasteiger partial charge in [-0.15, -0.1) is 11.3 Å². The largest absolute Gasteiger partial charge is 0.397 e. The first kappa shape index (κ1) is 11.5. The van der Waals surface area contributed by atoms with Gasteiger partial charge >= 0.3 is 0 Å². The van der Waals surface area contributed by atoms with Crippen LogP contribution in [0.5, 0.6) is 0 Å². The Bertz CT molecular complexity index is 568. The van der Waals surface area contributed by atoms with Gasteiger partial charge in [0.2, 0.25) is 0 Å². The van der Waals surface area contributed by atoms with Gasteiger partial charge in [-0.05, 0) is 23.6 Å². The molecule has 17 heavy (non-hydrogen) atoms. The highest BCUT2D eigenvalue weighted by atomic mass is 32.1. The molecule has 0 spiro atoms. The summed E-state index contributed by atoms with van der Waals surface area (Å²) in [6, 6.07) is 4.51. The molecule has 0 unspecified atom stereocenters. The van der Waals surface area contributed by atoms with Crippen molar-refractivity contribution in [2.45, 2.75) is 0 Å². The molecule has 1 aromatic carbocycles. The summed E-state index contributed by atoms with van der Waals surface area (Å²) in [4.78, 5) is 12.0. The van der Waals surface area contributed by atoms with E-state index in [9.17, 15) is 13.6 Å². The quantitative estimate of drug-likeness (QED) is 0.865. The topological polar surface area (TPSA) is 55.1 Å². The molecule has 0 atom stereocenters. The van der Waals surface area contributed by atoms with E-state index >= 15 is 0 Å². The van der Waals surface area contributed by atoms with Gasteiger partial charge in [0.25, 0.3) is 5.91 Å². The van der Waals surface area contributed by atoms with E-state index in [1.165, 1.54) is 0 Å². The van der Waals surface area contributed by atoms with Gasteiger partial charge in [-0.2, -0.15) is 0 Å². The van der Waals surface area contributed by atoms with Crippen molar-refractivity contribution < 1.29 is 13.6 Å². The van der Waals surface area contributed by atoms with E-state index in [4.69, 9.17) is 5.73 Å². The summed E-state index contributed by atoms with van der Waals surface area (Å²) >= 11 is 1.15. The molecule has 2 aromatic rings. The number of hydrogen-bond acceptors (Lipinski definition) is 3. The van der Waals surface area contributed by atoms with Crippen molar-refractivity contribution in [2.75, 3.05) is 11.1 Å². The number of amides is 1. The van der Waals surface area contributed by atoms with Crippen molar-refractivity contribution in [3.05, 3.63) is 46.2 Å². The SMILES string of the molecule is Nc1ccsc1C(=O)Nc1ccc(F)cc1F. The van der Waals surface area contributed by atoms with Crippen LogP contribution in [-0.2, 0) is 0 Å². The van der Waals surface area contributed by atoms with E-state index in [-0.39, 0.29) is 5.69 Å². The first-order valence-corrected chi connectivity index (χ1v) is 5.55. The summed E-state index contributed by atoms with van der Waals surface area (Å²) in [6.07, 6.45) is 0. The van der Waals surface area contributed by atoms with Gasteiger partial charge in [-0.1, -0.05) is 0 Å². The standard InChI is InChI=1S/C11H8F2N2OS/c12-6-1-2-9(7(13)5-6)15-11(16)10-8(14)3-4-17-10/h1-5H,14H2,(H,15,16). The lowest BCUT2D eigenvalue weighted by Gasteiger charge is -2.05. The normalized spacial score (nSPS) is 10.2. The lowest BCUT2D eigenvalue weighted by molar-refractivity contribution is 0.103. The highest BCUT2D eigenvalue weighted by molar-refractivity contribution is 7.12. The zero-order chi connectivity index (χ0) is 12.4. The summed E-state index contributed by atoms with van der Waals surface area (Å²) in [5.74, 6) is -2.03. The number of hydrogen-bond donors (Lipinski definition) is 2. The smallest absolute Gasteiger partial charge is 0.267 e. The number of halogens is 2. The van der Waals surface area contributed by atoms with Crippen LogP contribution in [0.1, 0.15) is 9.67 Å². The van der Waals surface area contributed by atoms with Gasteiger partial charge in [0, 0.05) is 6.07 Å². The Hall–Kier alpha value is -1.95. The van der Waals surface area contributed by atoms with Crippen molar-refractivity contribution in [1.29, 1.82) is 0 Å². The molecular weight excluding hydrogens is 246 g/mol. The fourth-order valence-corrected chi connectivity index (χ4v) is 1.99. The molecule has 3 N–H and O–H groups in total. The van der Waals surface area contributed by atoms with Crippen molar-refractivity contribution >= 4 is 28.6 Å². The van der Waals surface area contributed by atoms with Crippen LogP contribution in [0.15, 0.2) is 29.6 Å². The number of rotatable bonds is 2. The molecule has 0 aliphatic rings. The second-order valence-corrected chi connectivity index (χ2v) is 4.20. The van der Waals surface area contributed by atoms with Crippen LogP contribution in [-0.4, -0.2) is 5.91 Å². The first-order chi connectivity index (χ1) is 8.08. The van der Waals surface area contributed by atoms with Crippen molar-refractivity contribution in [3.8, 4) is 0 Å². The number of benzene rings is 1. The van der Waals surface area contributed by atoms with Gasteiger partial charge in [0.1, 0.15) is 16.5 Å². The predicted octanol–water partition coefficient (Wildman–Crippen LogP) is 2.86. The van der Waals surface area contributed by atoms with E-state index < -0.39 is 17.5 Å². The molecular formula is C11H8F2N2OS. The third kappa shape index (κ3) is 2.42. The molecule has 1 aromatic heterocycles. The molecule has 0 aliphatic carbocycles. The summed E-state index contributed by atoms with van der Waals surface area (Å²) < 4.78 is 25.9. The first-order valence-electron chi connectivity index (χ1n) is 4.67. The Kier molecular flexibility index (Phi) is 3.06. The minimum absolute atomic E-state index is 0.0794. The second kappa shape index (κ2) is 4.50. The number of nitrogen functional groups attached to an aromatic ring is 1. The maximum atomic E-state index is 13.3. The van der Waals surface area contributed by atoms with Gasteiger partial charge in [0.05, 0.1) is 11.4 Å². The number of nitrogens with two attached hydrogens (primary N) is 1. The third-order valence-electron chi connectivity index (χ3n) is 2.08. The highest BCUT2D eigenvalue weighted by Crippen LogP contribution is 2.22.